The first-order valence-corrected chi connectivity index (χ1v) is 20.8. The minimum atomic E-state index is -4.02. The molecule has 1 heterocycles. The Kier molecular flexibility index (Phi) is 10.9. The third-order valence-corrected chi connectivity index (χ3v) is 16.6. The standard InChI is InChI=1S/C39H53NO6SSi/c1-29-23-24-36(47(42,43)40-26-15-21-33(40)37(41)46-38(2,3)4)35(28-29)45-34-22-14-16-30(34)25-27-44-48(39(5,6)7,31-17-10-8-11-18-31)32-19-12-9-13-20-32/h8-13,17-20,23-24,28,30,33-34H,14-16,21-22,25-27H2,1-7H3/t30-,33-,34+/m0/s1. The average molecular weight is 692 g/mol. The van der Waals surface area contributed by atoms with Crippen LogP contribution in [0.1, 0.15) is 85.6 Å². The van der Waals surface area contributed by atoms with Crippen molar-refractivity contribution >= 4 is 34.7 Å². The number of ether oxygens (including phenoxy) is 2. The Balaban J connectivity index is 1.36. The topological polar surface area (TPSA) is 82.1 Å². The van der Waals surface area contributed by atoms with Gasteiger partial charge in [0.2, 0.25) is 10.0 Å². The SMILES string of the molecule is Cc1ccc(S(=O)(=O)N2CCC[C@H]2C(=O)OC(C)(C)C)c(O[C@@H]2CCC[C@H]2CCO[Si](c2ccccc2)(c2ccccc2)C(C)(C)C)c1. The minimum absolute atomic E-state index is 0.109. The molecule has 5 rings (SSSR count). The summed E-state index contributed by atoms with van der Waals surface area (Å²) in [6.07, 6.45) is 4.57. The molecule has 48 heavy (non-hydrogen) atoms. The number of rotatable bonds is 11. The molecule has 2 aliphatic rings. The molecule has 1 aliphatic heterocycles. The average Bonchev–Trinajstić information content (AvgIpc) is 3.69. The molecule has 0 bridgehead atoms. The molecule has 1 saturated carbocycles. The highest BCUT2D eigenvalue weighted by Crippen LogP contribution is 2.40. The van der Waals surface area contributed by atoms with Gasteiger partial charge in [-0.05, 0) is 105 Å². The molecule has 0 amide bonds. The fourth-order valence-electron chi connectivity index (χ4n) is 7.46. The zero-order valence-electron chi connectivity index (χ0n) is 29.7. The van der Waals surface area contributed by atoms with Crippen LogP contribution in [0.25, 0.3) is 0 Å². The molecule has 3 atom stereocenters. The van der Waals surface area contributed by atoms with Crippen LogP contribution in [-0.2, 0) is 24.0 Å². The van der Waals surface area contributed by atoms with Gasteiger partial charge in [-0.1, -0.05) is 87.5 Å². The van der Waals surface area contributed by atoms with Crippen LogP contribution in [-0.4, -0.2) is 57.9 Å². The van der Waals surface area contributed by atoms with Gasteiger partial charge in [-0.25, -0.2) is 8.42 Å². The van der Waals surface area contributed by atoms with Crippen LogP contribution in [0.3, 0.4) is 0 Å². The van der Waals surface area contributed by atoms with E-state index in [1.165, 1.54) is 14.7 Å². The van der Waals surface area contributed by atoms with E-state index in [0.29, 0.717) is 25.2 Å². The summed E-state index contributed by atoms with van der Waals surface area (Å²) in [4.78, 5) is 13.2. The second-order valence-electron chi connectivity index (χ2n) is 15.4. The Labute approximate surface area is 289 Å². The van der Waals surface area contributed by atoms with Gasteiger partial charge in [0.25, 0.3) is 8.32 Å². The van der Waals surface area contributed by atoms with E-state index in [2.05, 4.69) is 81.4 Å². The van der Waals surface area contributed by atoms with Crippen molar-refractivity contribution in [1.29, 1.82) is 0 Å². The quantitative estimate of drug-likeness (QED) is 0.159. The summed E-state index contributed by atoms with van der Waals surface area (Å²) in [6, 6.07) is 25.7. The Morgan fingerprint density at radius 3 is 2.06 bits per heavy atom. The van der Waals surface area contributed by atoms with Crippen LogP contribution in [0.2, 0.25) is 5.04 Å². The van der Waals surface area contributed by atoms with E-state index in [0.717, 1.165) is 31.2 Å². The second kappa shape index (κ2) is 14.5. The fourth-order valence-corrected chi connectivity index (χ4v) is 13.8. The lowest BCUT2D eigenvalue weighted by molar-refractivity contribution is -0.158. The van der Waals surface area contributed by atoms with Gasteiger partial charge >= 0.3 is 5.97 Å². The molecule has 260 valence electrons. The van der Waals surface area contributed by atoms with Crippen LogP contribution < -0.4 is 15.1 Å². The summed E-state index contributed by atoms with van der Waals surface area (Å²) in [5, 5.41) is 2.40. The first-order chi connectivity index (χ1) is 22.6. The first kappa shape index (κ1) is 36.3. The van der Waals surface area contributed by atoms with E-state index in [1.807, 2.05) is 13.0 Å². The Bertz CT molecular complexity index is 1610. The lowest BCUT2D eigenvalue weighted by atomic mass is 10.0. The number of sulfonamides is 1. The highest BCUT2D eigenvalue weighted by atomic mass is 32.2. The molecular weight excluding hydrogens is 639 g/mol. The third kappa shape index (κ3) is 7.75. The van der Waals surface area contributed by atoms with Gasteiger partial charge in [-0.2, -0.15) is 4.31 Å². The number of nitrogens with zero attached hydrogens (tertiary/aromatic N) is 1. The molecular formula is C39H53NO6SSi. The summed E-state index contributed by atoms with van der Waals surface area (Å²) in [6.45, 7) is 15.0. The van der Waals surface area contributed by atoms with Gasteiger partial charge in [0.05, 0.1) is 0 Å². The van der Waals surface area contributed by atoms with E-state index in [-0.39, 0.29) is 28.5 Å². The van der Waals surface area contributed by atoms with Crippen LogP contribution >= 0.6 is 0 Å². The highest BCUT2D eigenvalue weighted by Gasteiger charge is 2.50. The summed E-state index contributed by atoms with van der Waals surface area (Å²) < 4.78 is 49.1. The van der Waals surface area contributed by atoms with Crippen molar-refractivity contribution in [3.8, 4) is 5.75 Å². The van der Waals surface area contributed by atoms with Crippen molar-refractivity contribution in [1.82, 2.24) is 4.31 Å². The van der Waals surface area contributed by atoms with Gasteiger partial charge in [-0.15, -0.1) is 0 Å². The van der Waals surface area contributed by atoms with Gasteiger partial charge in [-0.3, -0.25) is 4.79 Å². The number of carbonyl (C=O) groups is 1. The fraction of sp³-hybridized carbons (Fsp3) is 0.513. The number of benzene rings is 3. The molecule has 7 nitrogen and oxygen atoms in total. The zero-order valence-corrected chi connectivity index (χ0v) is 31.5. The van der Waals surface area contributed by atoms with E-state index in [9.17, 15) is 13.2 Å². The highest BCUT2D eigenvalue weighted by molar-refractivity contribution is 7.89. The molecule has 0 unspecified atom stereocenters. The van der Waals surface area contributed by atoms with Crippen molar-refractivity contribution in [2.75, 3.05) is 13.2 Å². The molecule has 0 spiro atoms. The van der Waals surface area contributed by atoms with Crippen LogP contribution in [0.4, 0.5) is 0 Å². The normalized spacial score (nSPS) is 20.9. The number of esters is 1. The van der Waals surface area contributed by atoms with Crippen molar-refractivity contribution in [2.45, 2.75) is 115 Å². The largest absolute Gasteiger partial charge is 0.489 e. The molecule has 0 N–H and O–H groups in total. The molecule has 2 fully saturated rings. The maximum atomic E-state index is 14.2. The van der Waals surface area contributed by atoms with Crippen LogP contribution in [0.15, 0.2) is 83.8 Å². The lowest BCUT2D eigenvalue weighted by Gasteiger charge is -2.43. The van der Waals surface area contributed by atoms with E-state index < -0.39 is 36.0 Å². The third-order valence-electron chi connectivity index (χ3n) is 9.66. The summed E-state index contributed by atoms with van der Waals surface area (Å²) in [5.41, 5.74) is 0.213. The summed E-state index contributed by atoms with van der Waals surface area (Å²) in [5.74, 6) is 0.0742. The maximum absolute atomic E-state index is 14.2. The molecule has 1 aliphatic carbocycles. The van der Waals surface area contributed by atoms with E-state index >= 15 is 0 Å². The molecule has 1 saturated heterocycles. The summed E-state index contributed by atoms with van der Waals surface area (Å²) in [7, 11) is -6.69. The van der Waals surface area contributed by atoms with Crippen molar-refractivity contribution < 1.29 is 27.1 Å². The van der Waals surface area contributed by atoms with Gasteiger partial charge < -0.3 is 13.9 Å². The van der Waals surface area contributed by atoms with Crippen molar-refractivity contribution in [3.05, 3.63) is 84.4 Å². The lowest BCUT2D eigenvalue weighted by Crippen LogP contribution is -2.66. The van der Waals surface area contributed by atoms with Crippen molar-refractivity contribution in [3.63, 3.8) is 0 Å². The minimum Gasteiger partial charge on any atom is -0.489 e. The summed E-state index contributed by atoms with van der Waals surface area (Å²) >= 11 is 0. The van der Waals surface area contributed by atoms with E-state index in [4.69, 9.17) is 13.9 Å². The first-order valence-electron chi connectivity index (χ1n) is 17.4. The molecule has 9 heteroatoms. The number of hydrogen-bond acceptors (Lipinski definition) is 6. The Morgan fingerprint density at radius 2 is 1.48 bits per heavy atom. The predicted octanol–water partition coefficient (Wildman–Crippen LogP) is 7.00. The Hall–Kier alpha value is -2.98. The van der Waals surface area contributed by atoms with Crippen LogP contribution in [0, 0.1) is 12.8 Å². The molecule has 0 aromatic heterocycles. The second-order valence-corrected chi connectivity index (χ2v) is 21.6. The van der Waals surface area contributed by atoms with Crippen molar-refractivity contribution in [2.24, 2.45) is 5.92 Å². The molecule has 0 radical (unpaired) electrons. The van der Waals surface area contributed by atoms with Gasteiger partial charge in [0, 0.05) is 13.2 Å². The maximum Gasteiger partial charge on any atom is 0.324 e. The Morgan fingerprint density at radius 1 is 0.854 bits per heavy atom. The number of hydrogen-bond donors (Lipinski definition) is 0. The van der Waals surface area contributed by atoms with Gasteiger partial charge in [0.1, 0.15) is 28.4 Å². The van der Waals surface area contributed by atoms with E-state index in [1.54, 1.807) is 32.9 Å². The number of aryl methyl sites for hydroxylation is 1. The van der Waals surface area contributed by atoms with Gasteiger partial charge in [0.15, 0.2) is 0 Å². The van der Waals surface area contributed by atoms with Crippen LogP contribution in [0.5, 0.6) is 5.75 Å². The zero-order chi connectivity index (χ0) is 34.7. The monoisotopic (exact) mass is 691 g/mol. The number of carbonyl (C=O) groups excluding carboxylic acids is 1. The molecule has 3 aromatic rings. The predicted molar refractivity (Wildman–Crippen MR) is 194 cm³/mol. The molecule has 3 aromatic carbocycles. The smallest absolute Gasteiger partial charge is 0.324 e.